The highest BCUT2D eigenvalue weighted by Gasteiger charge is 2.25. The highest BCUT2D eigenvalue weighted by Crippen LogP contribution is 2.31. The number of nitrogens with zero attached hydrogens (tertiary/aromatic N) is 3. The number of anilines is 1. The van der Waals surface area contributed by atoms with E-state index in [-0.39, 0.29) is 5.91 Å². The predicted molar refractivity (Wildman–Crippen MR) is 103 cm³/mol. The Kier molecular flexibility index (Phi) is 4.26. The van der Waals surface area contributed by atoms with Gasteiger partial charge in [0.2, 0.25) is 0 Å². The number of aromatic nitrogens is 2. The summed E-state index contributed by atoms with van der Waals surface area (Å²) in [6, 6.07) is 15.3. The van der Waals surface area contributed by atoms with E-state index in [0.717, 1.165) is 15.9 Å². The number of carbonyl (C=O) groups excluding carboxylic acids is 1. The molecule has 0 fully saturated rings. The van der Waals surface area contributed by atoms with Crippen LogP contribution in [-0.2, 0) is 6.54 Å². The minimum Gasteiger partial charge on any atom is -0.466 e. The summed E-state index contributed by atoms with van der Waals surface area (Å²) in [6.07, 6.45) is 1.73. The number of hydrogen-bond acceptors (Lipinski definition) is 5. The van der Waals surface area contributed by atoms with Gasteiger partial charge >= 0.3 is 0 Å². The van der Waals surface area contributed by atoms with E-state index in [2.05, 4.69) is 9.97 Å². The summed E-state index contributed by atoms with van der Waals surface area (Å²) in [7, 11) is 0. The van der Waals surface area contributed by atoms with E-state index >= 15 is 0 Å². The van der Waals surface area contributed by atoms with E-state index in [9.17, 15) is 4.79 Å². The Morgan fingerprint density at radius 2 is 1.96 bits per heavy atom. The Hall–Kier alpha value is -2.99. The van der Waals surface area contributed by atoms with E-state index in [1.165, 1.54) is 11.3 Å². The van der Waals surface area contributed by atoms with Gasteiger partial charge < -0.3 is 4.42 Å². The number of fused-ring (bicyclic) bond motifs is 1. The van der Waals surface area contributed by atoms with Gasteiger partial charge in [-0.15, -0.1) is 0 Å². The molecule has 3 heterocycles. The van der Waals surface area contributed by atoms with Crippen molar-refractivity contribution in [3.8, 4) is 0 Å². The number of aryl methyl sites for hydroxylation is 2. The van der Waals surface area contributed by atoms with Gasteiger partial charge in [0.05, 0.1) is 28.0 Å². The Morgan fingerprint density at radius 1 is 1.15 bits per heavy atom. The fourth-order valence-electron chi connectivity index (χ4n) is 2.84. The van der Waals surface area contributed by atoms with Gasteiger partial charge in [0.1, 0.15) is 11.5 Å². The monoisotopic (exact) mass is 363 g/mol. The third-order valence-corrected chi connectivity index (χ3v) is 5.14. The molecule has 26 heavy (non-hydrogen) atoms. The molecule has 0 N–H and O–H groups in total. The largest absolute Gasteiger partial charge is 0.466 e. The first kappa shape index (κ1) is 16.5. The zero-order valence-electron chi connectivity index (χ0n) is 14.5. The molecule has 0 atom stereocenters. The first-order chi connectivity index (χ1) is 12.6. The molecule has 0 aliphatic carbocycles. The van der Waals surface area contributed by atoms with Crippen molar-refractivity contribution in [2.45, 2.75) is 20.4 Å². The summed E-state index contributed by atoms with van der Waals surface area (Å²) in [4.78, 5) is 24.0. The van der Waals surface area contributed by atoms with Crippen LogP contribution >= 0.6 is 11.3 Å². The Morgan fingerprint density at radius 3 is 2.65 bits per heavy atom. The van der Waals surface area contributed by atoms with Crippen molar-refractivity contribution in [3.05, 3.63) is 77.5 Å². The third kappa shape index (κ3) is 3.11. The minimum atomic E-state index is -0.135. The summed E-state index contributed by atoms with van der Waals surface area (Å²) >= 11 is 1.50. The minimum absolute atomic E-state index is 0.135. The molecule has 4 aromatic rings. The lowest BCUT2D eigenvalue weighted by Gasteiger charge is -2.19. The van der Waals surface area contributed by atoms with Gasteiger partial charge in [-0.05, 0) is 44.2 Å². The Balaban J connectivity index is 1.78. The normalized spacial score (nSPS) is 11.0. The number of rotatable bonds is 4. The SMILES string of the molecule is Cc1cc(C(=O)N(Cc2ccccn2)c2nc3ccccc3s2)c(C)o1. The van der Waals surface area contributed by atoms with Crippen LogP contribution in [0.1, 0.15) is 27.6 Å². The second kappa shape index (κ2) is 6.72. The molecule has 0 spiro atoms. The van der Waals surface area contributed by atoms with Crippen LogP contribution < -0.4 is 4.90 Å². The smallest absolute Gasteiger partial charge is 0.263 e. The summed E-state index contributed by atoms with van der Waals surface area (Å²) in [6.45, 7) is 3.99. The van der Waals surface area contributed by atoms with Gasteiger partial charge in [-0.25, -0.2) is 4.98 Å². The van der Waals surface area contributed by atoms with Gasteiger partial charge in [0, 0.05) is 6.20 Å². The van der Waals surface area contributed by atoms with E-state index in [1.54, 1.807) is 24.1 Å². The Bertz CT molecular complexity index is 1040. The van der Waals surface area contributed by atoms with Crippen molar-refractivity contribution in [1.29, 1.82) is 0 Å². The van der Waals surface area contributed by atoms with Gasteiger partial charge in [-0.3, -0.25) is 14.7 Å². The molecular formula is C20H17N3O2S. The molecule has 0 unspecified atom stereocenters. The molecule has 0 saturated carbocycles. The molecule has 130 valence electrons. The standard InChI is InChI=1S/C20H17N3O2S/c1-13-11-16(14(2)25-13)19(24)23(12-15-7-5-6-10-21-15)20-22-17-8-3-4-9-18(17)26-20/h3-11H,12H2,1-2H3. The van der Waals surface area contributed by atoms with Crippen molar-refractivity contribution in [2.75, 3.05) is 4.90 Å². The lowest BCUT2D eigenvalue weighted by atomic mass is 10.2. The molecule has 6 heteroatoms. The molecule has 5 nitrogen and oxygen atoms in total. The number of carbonyl (C=O) groups is 1. The van der Waals surface area contributed by atoms with Gasteiger partial charge in [-0.1, -0.05) is 29.5 Å². The molecule has 0 aliphatic heterocycles. The van der Waals surface area contributed by atoms with Gasteiger partial charge in [0.25, 0.3) is 5.91 Å². The van der Waals surface area contributed by atoms with Crippen LogP contribution in [0.4, 0.5) is 5.13 Å². The number of thiazole rings is 1. The average molecular weight is 363 g/mol. The predicted octanol–water partition coefficient (Wildman–Crippen LogP) is 4.75. The first-order valence-corrected chi connectivity index (χ1v) is 9.08. The number of para-hydroxylation sites is 1. The van der Waals surface area contributed by atoms with Gasteiger partial charge in [-0.2, -0.15) is 0 Å². The van der Waals surface area contributed by atoms with E-state index in [0.29, 0.717) is 28.8 Å². The molecule has 0 aliphatic rings. The molecule has 1 aromatic carbocycles. The molecule has 1 amide bonds. The van der Waals surface area contributed by atoms with Crippen molar-refractivity contribution < 1.29 is 9.21 Å². The van der Waals surface area contributed by atoms with Crippen molar-refractivity contribution >= 4 is 32.6 Å². The topological polar surface area (TPSA) is 59.2 Å². The number of hydrogen-bond donors (Lipinski definition) is 0. The fraction of sp³-hybridized carbons (Fsp3) is 0.150. The van der Waals surface area contributed by atoms with Crippen LogP contribution in [0, 0.1) is 13.8 Å². The molecule has 3 aromatic heterocycles. The van der Waals surface area contributed by atoms with Crippen LogP contribution in [0.25, 0.3) is 10.2 Å². The average Bonchev–Trinajstić information content (AvgIpc) is 3.22. The summed E-state index contributed by atoms with van der Waals surface area (Å²) in [5.74, 6) is 1.19. The summed E-state index contributed by atoms with van der Waals surface area (Å²) in [5.41, 5.74) is 2.24. The quantitative estimate of drug-likeness (QED) is 0.525. The van der Waals surface area contributed by atoms with Crippen LogP contribution in [0.15, 0.2) is 59.1 Å². The van der Waals surface area contributed by atoms with Crippen LogP contribution in [0.2, 0.25) is 0 Å². The zero-order valence-corrected chi connectivity index (χ0v) is 15.3. The van der Waals surface area contributed by atoms with Crippen molar-refractivity contribution in [1.82, 2.24) is 9.97 Å². The van der Waals surface area contributed by atoms with Crippen LogP contribution in [0.5, 0.6) is 0 Å². The Labute approximate surface area is 154 Å². The van der Waals surface area contributed by atoms with Crippen molar-refractivity contribution in [2.24, 2.45) is 0 Å². The third-order valence-electron chi connectivity index (χ3n) is 4.08. The lowest BCUT2D eigenvalue weighted by Crippen LogP contribution is -2.30. The molecule has 0 bridgehead atoms. The zero-order chi connectivity index (χ0) is 18.1. The second-order valence-electron chi connectivity index (χ2n) is 6.00. The molecule has 0 saturated heterocycles. The maximum Gasteiger partial charge on any atom is 0.263 e. The van der Waals surface area contributed by atoms with Gasteiger partial charge in [0.15, 0.2) is 5.13 Å². The fourth-order valence-corrected chi connectivity index (χ4v) is 3.81. The number of benzene rings is 1. The molecule has 4 rings (SSSR count). The maximum atomic E-state index is 13.3. The van der Waals surface area contributed by atoms with E-state index in [1.807, 2.05) is 49.4 Å². The highest BCUT2D eigenvalue weighted by molar-refractivity contribution is 7.22. The molecule has 0 radical (unpaired) electrons. The summed E-state index contributed by atoms with van der Waals surface area (Å²) < 4.78 is 6.59. The van der Waals surface area contributed by atoms with Crippen molar-refractivity contribution in [3.63, 3.8) is 0 Å². The number of furan rings is 1. The van der Waals surface area contributed by atoms with Crippen LogP contribution in [-0.4, -0.2) is 15.9 Å². The van der Waals surface area contributed by atoms with E-state index < -0.39 is 0 Å². The highest BCUT2D eigenvalue weighted by atomic mass is 32.1. The number of amides is 1. The lowest BCUT2D eigenvalue weighted by molar-refractivity contribution is 0.0983. The molecular weight excluding hydrogens is 346 g/mol. The van der Waals surface area contributed by atoms with Crippen LogP contribution in [0.3, 0.4) is 0 Å². The maximum absolute atomic E-state index is 13.3. The summed E-state index contributed by atoms with van der Waals surface area (Å²) in [5, 5.41) is 0.653. The second-order valence-corrected chi connectivity index (χ2v) is 7.01. The first-order valence-electron chi connectivity index (χ1n) is 8.26. The number of pyridine rings is 1. The van der Waals surface area contributed by atoms with E-state index in [4.69, 9.17) is 4.42 Å².